The summed E-state index contributed by atoms with van der Waals surface area (Å²) in [4.78, 5) is 9.77. The highest BCUT2D eigenvalue weighted by Crippen LogP contribution is 2.19. The van der Waals surface area contributed by atoms with Crippen molar-refractivity contribution in [2.45, 2.75) is 6.42 Å². The van der Waals surface area contributed by atoms with E-state index in [-0.39, 0.29) is 9.52 Å². The van der Waals surface area contributed by atoms with Crippen LogP contribution in [0.25, 0.3) is 0 Å². The molecule has 0 bridgehead atoms. The maximum atomic E-state index is 9.77. The molecule has 0 amide bonds. The number of carbonyl (C=O) groups excluding carboxylic acids is 1. The first-order valence-electron chi connectivity index (χ1n) is 1.93. The average molecular weight is 188 g/mol. The SMILES string of the molecule is O=C([O-])CC(Cl)=C(Cl)Cl. The first kappa shape index (κ1) is 9.08. The van der Waals surface area contributed by atoms with Gasteiger partial charge in [-0.05, 0) is 0 Å². The van der Waals surface area contributed by atoms with Crippen LogP contribution in [0.15, 0.2) is 9.52 Å². The van der Waals surface area contributed by atoms with Gasteiger partial charge in [-0.25, -0.2) is 0 Å². The van der Waals surface area contributed by atoms with Gasteiger partial charge in [0.1, 0.15) is 4.49 Å². The molecule has 0 spiro atoms. The zero-order valence-electron chi connectivity index (χ0n) is 4.16. The molecule has 0 aromatic carbocycles. The quantitative estimate of drug-likeness (QED) is 0.649. The number of hydrogen-bond acceptors (Lipinski definition) is 2. The molecular weight excluding hydrogens is 186 g/mol. The van der Waals surface area contributed by atoms with Crippen molar-refractivity contribution in [3.8, 4) is 0 Å². The van der Waals surface area contributed by atoms with Gasteiger partial charge in [-0.15, -0.1) is 0 Å². The third kappa shape index (κ3) is 4.58. The number of carboxylic acid groups (broad SMARTS) is 1. The summed E-state index contributed by atoms with van der Waals surface area (Å²) in [5.74, 6) is -1.31. The van der Waals surface area contributed by atoms with Crippen LogP contribution in [0.1, 0.15) is 6.42 Å². The van der Waals surface area contributed by atoms with Crippen molar-refractivity contribution >= 4 is 40.8 Å². The minimum atomic E-state index is -1.31. The van der Waals surface area contributed by atoms with E-state index in [1.807, 2.05) is 0 Å². The van der Waals surface area contributed by atoms with Crippen molar-refractivity contribution in [2.75, 3.05) is 0 Å². The molecule has 0 fully saturated rings. The highest BCUT2D eigenvalue weighted by Gasteiger charge is 1.97. The van der Waals surface area contributed by atoms with E-state index in [1.54, 1.807) is 0 Å². The molecule has 0 rings (SSSR count). The lowest BCUT2D eigenvalue weighted by molar-refractivity contribution is -0.304. The van der Waals surface area contributed by atoms with Crippen LogP contribution >= 0.6 is 34.8 Å². The average Bonchev–Trinajstić information content (AvgIpc) is 1.63. The van der Waals surface area contributed by atoms with E-state index in [0.29, 0.717) is 0 Å². The first-order chi connectivity index (χ1) is 4.04. The summed E-state index contributed by atoms with van der Waals surface area (Å²) in [5.41, 5.74) is 0. The van der Waals surface area contributed by atoms with E-state index in [4.69, 9.17) is 34.8 Å². The molecule has 0 aromatic rings. The van der Waals surface area contributed by atoms with Crippen molar-refractivity contribution in [1.29, 1.82) is 0 Å². The van der Waals surface area contributed by atoms with Gasteiger partial charge in [0.25, 0.3) is 0 Å². The van der Waals surface area contributed by atoms with E-state index in [1.165, 1.54) is 0 Å². The Hall–Kier alpha value is 0.0800. The lowest BCUT2D eigenvalue weighted by Gasteiger charge is -1.98. The predicted octanol–water partition coefficient (Wildman–Crippen LogP) is 1.01. The van der Waals surface area contributed by atoms with Gasteiger partial charge in [0.05, 0.1) is 5.03 Å². The van der Waals surface area contributed by atoms with Crippen molar-refractivity contribution < 1.29 is 9.90 Å². The summed E-state index contributed by atoms with van der Waals surface area (Å²) in [7, 11) is 0. The lowest BCUT2D eigenvalue weighted by Crippen LogP contribution is -2.21. The summed E-state index contributed by atoms with van der Waals surface area (Å²) in [5, 5.41) is 9.65. The molecule has 0 aliphatic carbocycles. The number of halogens is 3. The van der Waals surface area contributed by atoms with Gasteiger partial charge in [0.2, 0.25) is 0 Å². The summed E-state index contributed by atoms with van der Waals surface area (Å²) in [6.07, 6.45) is -0.441. The van der Waals surface area contributed by atoms with E-state index in [9.17, 15) is 9.90 Å². The predicted molar refractivity (Wildman–Crippen MR) is 34.2 cm³/mol. The molecule has 9 heavy (non-hydrogen) atoms. The fourth-order valence-corrected chi connectivity index (χ4v) is 0.436. The van der Waals surface area contributed by atoms with Gasteiger partial charge in [-0.3, -0.25) is 0 Å². The second-order valence-electron chi connectivity index (χ2n) is 1.21. The minimum absolute atomic E-state index is 0.113. The smallest absolute Gasteiger partial charge is 0.121 e. The third-order valence-corrected chi connectivity index (χ3v) is 1.48. The van der Waals surface area contributed by atoms with E-state index in [2.05, 4.69) is 0 Å². The van der Waals surface area contributed by atoms with Crippen LogP contribution < -0.4 is 5.11 Å². The Kier molecular flexibility index (Phi) is 4.02. The van der Waals surface area contributed by atoms with Crippen molar-refractivity contribution in [1.82, 2.24) is 0 Å². The Labute approximate surface area is 67.0 Å². The van der Waals surface area contributed by atoms with Crippen LogP contribution in [-0.4, -0.2) is 5.97 Å². The molecule has 2 nitrogen and oxygen atoms in total. The normalized spacial score (nSPS) is 8.78. The van der Waals surface area contributed by atoms with Crippen LogP contribution in [0, 0.1) is 0 Å². The fraction of sp³-hybridized carbons (Fsp3) is 0.250. The van der Waals surface area contributed by atoms with Crippen LogP contribution in [-0.2, 0) is 4.79 Å². The van der Waals surface area contributed by atoms with E-state index < -0.39 is 12.4 Å². The molecule has 0 radical (unpaired) electrons. The van der Waals surface area contributed by atoms with Gasteiger partial charge < -0.3 is 9.90 Å². The summed E-state index contributed by atoms with van der Waals surface area (Å²) in [6, 6.07) is 0. The van der Waals surface area contributed by atoms with E-state index >= 15 is 0 Å². The molecule has 0 aliphatic heterocycles. The Morgan fingerprint density at radius 3 is 1.89 bits per heavy atom. The summed E-state index contributed by atoms with van der Waals surface area (Å²) < 4.78 is -0.235. The molecular formula is C4H2Cl3O2-. The second-order valence-corrected chi connectivity index (χ2v) is 2.62. The lowest BCUT2D eigenvalue weighted by atomic mass is 10.4. The van der Waals surface area contributed by atoms with Crippen LogP contribution in [0.2, 0.25) is 0 Å². The van der Waals surface area contributed by atoms with Gasteiger partial charge in [-0.1, -0.05) is 34.8 Å². The Balaban J connectivity index is 3.92. The zero-order valence-corrected chi connectivity index (χ0v) is 6.43. The number of rotatable bonds is 2. The standard InChI is InChI=1S/C4H3Cl3O2/c5-2(4(6)7)1-3(8)9/h1H2,(H,8,9)/p-1. The van der Waals surface area contributed by atoms with Crippen LogP contribution in [0.4, 0.5) is 0 Å². The van der Waals surface area contributed by atoms with Crippen LogP contribution in [0.5, 0.6) is 0 Å². The molecule has 0 saturated heterocycles. The number of carboxylic acids is 1. The third-order valence-electron chi connectivity index (χ3n) is 0.505. The molecule has 0 atom stereocenters. The minimum Gasteiger partial charge on any atom is -0.550 e. The highest BCUT2D eigenvalue weighted by molar-refractivity contribution is 6.59. The highest BCUT2D eigenvalue weighted by atomic mass is 35.5. The van der Waals surface area contributed by atoms with Crippen molar-refractivity contribution in [3.63, 3.8) is 0 Å². The molecule has 0 aliphatic rings. The van der Waals surface area contributed by atoms with E-state index in [0.717, 1.165) is 0 Å². The van der Waals surface area contributed by atoms with Gasteiger partial charge in [0, 0.05) is 12.4 Å². The molecule has 52 valence electrons. The number of hydrogen-bond donors (Lipinski definition) is 0. The monoisotopic (exact) mass is 187 g/mol. The molecule has 0 heterocycles. The molecule has 0 saturated carbocycles. The molecule has 5 heteroatoms. The summed E-state index contributed by atoms with van der Waals surface area (Å²) >= 11 is 15.4. The van der Waals surface area contributed by atoms with Gasteiger partial charge >= 0.3 is 0 Å². The molecule has 0 aromatic heterocycles. The van der Waals surface area contributed by atoms with Crippen LogP contribution in [0.3, 0.4) is 0 Å². The largest absolute Gasteiger partial charge is 0.550 e. The van der Waals surface area contributed by atoms with Crippen molar-refractivity contribution in [2.24, 2.45) is 0 Å². The topological polar surface area (TPSA) is 40.1 Å². The zero-order chi connectivity index (χ0) is 7.44. The van der Waals surface area contributed by atoms with Gasteiger partial charge in [0.15, 0.2) is 0 Å². The van der Waals surface area contributed by atoms with Crippen molar-refractivity contribution in [3.05, 3.63) is 9.52 Å². The number of carbonyl (C=O) groups is 1. The summed E-state index contributed by atoms with van der Waals surface area (Å²) in [6.45, 7) is 0. The van der Waals surface area contributed by atoms with Gasteiger partial charge in [-0.2, -0.15) is 0 Å². The fourth-order valence-electron chi connectivity index (χ4n) is 0.194. The molecule has 0 unspecified atom stereocenters. The Bertz CT molecular complexity index is 148. The second kappa shape index (κ2) is 3.99. The molecule has 0 N–H and O–H groups in total. The maximum absolute atomic E-state index is 9.77. The first-order valence-corrected chi connectivity index (χ1v) is 3.07. The maximum Gasteiger partial charge on any atom is 0.121 e. The Morgan fingerprint density at radius 2 is 1.78 bits per heavy atom. The number of aliphatic carboxylic acids is 1. The Morgan fingerprint density at radius 1 is 1.33 bits per heavy atom.